The Hall–Kier alpha value is -1.51. The fraction of sp³-hybridized carbons (Fsp3) is 0.759. The molecule has 1 aromatic carbocycles. The van der Waals surface area contributed by atoms with E-state index in [4.69, 9.17) is 4.84 Å². The minimum atomic E-state index is -0.383. The highest BCUT2D eigenvalue weighted by atomic mass is 16.7. The number of aliphatic hydroxyl groups excluding tert-OH is 1. The number of benzene rings is 1. The zero-order valence-electron chi connectivity index (χ0n) is 22.2. The van der Waals surface area contributed by atoms with Crippen LogP contribution in [-0.4, -0.2) is 34.9 Å². The number of nitrogens with one attached hydrogen (secondary N) is 4. The van der Waals surface area contributed by atoms with Crippen LogP contribution in [0.3, 0.4) is 0 Å². The minimum Gasteiger partial charge on any atom is -0.393 e. The molecule has 1 spiro atoms. The van der Waals surface area contributed by atoms with E-state index in [1.807, 2.05) is 6.92 Å². The van der Waals surface area contributed by atoms with E-state index in [-0.39, 0.29) is 47.9 Å². The van der Waals surface area contributed by atoms with E-state index in [0.717, 1.165) is 38.5 Å². The molecule has 6 atom stereocenters. The highest BCUT2D eigenvalue weighted by Gasteiger charge is 2.43. The van der Waals surface area contributed by atoms with Crippen LogP contribution in [0.5, 0.6) is 0 Å². The summed E-state index contributed by atoms with van der Waals surface area (Å²) in [5.74, 6) is 0.265. The molecule has 1 amide bonds. The van der Waals surface area contributed by atoms with E-state index in [2.05, 4.69) is 46.6 Å². The van der Waals surface area contributed by atoms with Crippen molar-refractivity contribution in [2.75, 3.05) is 0 Å². The molecule has 2 heterocycles. The van der Waals surface area contributed by atoms with Crippen molar-refractivity contribution in [1.29, 1.82) is 0 Å². The highest BCUT2D eigenvalue weighted by Crippen LogP contribution is 2.39. The van der Waals surface area contributed by atoms with Crippen LogP contribution >= 0.6 is 0 Å². The SMILES string of the molecule is CCC1NC(c2ccc3c(c2)CC[C@H]3NC(=O)C2CC(C(C)O)CC3(CCCCCCCC3)N2)NO1. The molecule has 7 heteroatoms. The maximum Gasteiger partial charge on any atom is 0.237 e. The fourth-order valence-electron chi connectivity index (χ4n) is 7.03. The third-order valence-electron chi connectivity index (χ3n) is 9.18. The van der Waals surface area contributed by atoms with E-state index in [0.29, 0.717) is 6.42 Å². The number of carbonyl (C=O) groups excluding carboxylic acids is 1. The first kappa shape index (κ1) is 26.1. The van der Waals surface area contributed by atoms with Gasteiger partial charge in [-0.05, 0) is 74.5 Å². The number of hydroxylamine groups is 1. The number of hydrogen-bond acceptors (Lipinski definition) is 6. The van der Waals surface area contributed by atoms with Crippen molar-refractivity contribution in [1.82, 2.24) is 21.4 Å². The lowest BCUT2D eigenvalue weighted by molar-refractivity contribution is -0.126. The molecule has 4 aliphatic rings. The lowest BCUT2D eigenvalue weighted by Crippen LogP contribution is -2.61. The van der Waals surface area contributed by atoms with Gasteiger partial charge in [-0.15, -0.1) is 0 Å². The first-order chi connectivity index (χ1) is 17.5. The van der Waals surface area contributed by atoms with Gasteiger partial charge in [0.25, 0.3) is 0 Å². The number of piperidine rings is 1. The summed E-state index contributed by atoms with van der Waals surface area (Å²) < 4.78 is 0. The summed E-state index contributed by atoms with van der Waals surface area (Å²) in [5, 5.41) is 21.3. The molecule has 36 heavy (non-hydrogen) atoms. The molecule has 5 unspecified atom stereocenters. The normalized spacial score (nSPS) is 33.4. The number of carbonyl (C=O) groups is 1. The fourth-order valence-corrected chi connectivity index (χ4v) is 7.03. The van der Waals surface area contributed by atoms with Crippen molar-refractivity contribution in [2.45, 2.75) is 133 Å². The van der Waals surface area contributed by atoms with Crippen LogP contribution in [-0.2, 0) is 16.1 Å². The van der Waals surface area contributed by atoms with Gasteiger partial charge in [-0.1, -0.05) is 63.6 Å². The molecule has 2 aliphatic heterocycles. The molecule has 200 valence electrons. The van der Waals surface area contributed by atoms with Crippen LogP contribution < -0.4 is 21.4 Å². The maximum atomic E-state index is 13.6. The Morgan fingerprint density at radius 2 is 1.94 bits per heavy atom. The summed E-state index contributed by atoms with van der Waals surface area (Å²) in [6.45, 7) is 4.00. The van der Waals surface area contributed by atoms with Crippen LogP contribution in [0.2, 0.25) is 0 Å². The molecule has 1 aromatic rings. The number of amides is 1. The Morgan fingerprint density at radius 3 is 2.64 bits per heavy atom. The molecular formula is C29H46N4O3. The molecule has 7 nitrogen and oxygen atoms in total. The van der Waals surface area contributed by atoms with Crippen LogP contribution in [0, 0.1) is 5.92 Å². The predicted octanol–water partition coefficient (Wildman–Crippen LogP) is 4.27. The van der Waals surface area contributed by atoms with E-state index in [1.165, 1.54) is 55.2 Å². The van der Waals surface area contributed by atoms with Crippen LogP contribution in [0.15, 0.2) is 18.2 Å². The lowest BCUT2D eigenvalue weighted by Gasteiger charge is -2.47. The van der Waals surface area contributed by atoms with Crippen LogP contribution in [0.1, 0.15) is 120 Å². The van der Waals surface area contributed by atoms with Gasteiger partial charge in [-0.25, -0.2) is 0 Å². The molecule has 0 radical (unpaired) electrons. The largest absolute Gasteiger partial charge is 0.393 e. The second-order valence-electron chi connectivity index (χ2n) is 11.8. The Bertz CT molecular complexity index is 897. The van der Waals surface area contributed by atoms with Gasteiger partial charge in [0, 0.05) is 5.54 Å². The topological polar surface area (TPSA) is 94.7 Å². The standard InChI is InChI=1S/C29H46N4O3/c1-3-26-31-27(33-36-26)21-10-12-23-20(16-21)11-13-24(23)30-28(35)25-17-22(19(2)34)18-29(32-25)14-8-6-4-5-7-9-15-29/h10,12,16,19,22,24-27,31-34H,3-9,11,13-15,17-18H2,1-2H3,(H,30,35)/t19?,22?,24-,25?,26?,27?/m1/s1. The predicted molar refractivity (Wildman–Crippen MR) is 141 cm³/mol. The minimum absolute atomic E-state index is 0.00176. The molecule has 1 saturated carbocycles. The zero-order chi connectivity index (χ0) is 25.1. The van der Waals surface area contributed by atoms with Crippen molar-refractivity contribution in [3.05, 3.63) is 34.9 Å². The monoisotopic (exact) mass is 498 g/mol. The van der Waals surface area contributed by atoms with E-state index < -0.39 is 0 Å². The molecule has 5 rings (SSSR count). The van der Waals surface area contributed by atoms with Gasteiger partial charge >= 0.3 is 0 Å². The summed E-state index contributed by atoms with van der Waals surface area (Å²) in [7, 11) is 0. The van der Waals surface area contributed by atoms with Gasteiger partial charge in [0.1, 0.15) is 12.4 Å². The van der Waals surface area contributed by atoms with Gasteiger partial charge < -0.3 is 15.7 Å². The maximum absolute atomic E-state index is 13.6. The summed E-state index contributed by atoms with van der Waals surface area (Å²) in [5.41, 5.74) is 6.80. The Morgan fingerprint density at radius 1 is 1.19 bits per heavy atom. The molecule has 5 N–H and O–H groups in total. The number of rotatable bonds is 5. The Kier molecular flexibility index (Phi) is 8.33. The molecule has 0 aromatic heterocycles. The van der Waals surface area contributed by atoms with Crippen molar-refractivity contribution < 1.29 is 14.7 Å². The van der Waals surface area contributed by atoms with Crippen LogP contribution in [0.25, 0.3) is 0 Å². The first-order valence-electron chi connectivity index (χ1n) is 14.5. The summed E-state index contributed by atoms with van der Waals surface area (Å²) in [4.78, 5) is 19.2. The molecular weight excluding hydrogens is 452 g/mol. The number of aliphatic hydroxyl groups is 1. The molecule has 3 fully saturated rings. The van der Waals surface area contributed by atoms with E-state index in [9.17, 15) is 9.90 Å². The third-order valence-corrected chi connectivity index (χ3v) is 9.18. The highest BCUT2D eigenvalue weighted by molar-refractivity contribution is 5.82. The van der Waals surface area contributed by atoms with Gasteiger partial charge in [0.2, 0.25) is 5.91 Å². The molecule has 0 bridgehead atoms. The van der Waals surface area contributed by atoms with Crippen molar-refractivity contribution in [3.63, 3.8) is 0 Å². The smallest absolute Gasteiger partial charge is 0.237 e. The molecule has 2 saturated heterocycles. The average Bonchev–Trinajstić information content (AvgIpc) is 3.53. The third kappa shape index (κ3) is 5.81. The number of fused-ring (bicyclic) bond motifs is 1. The zero-order valence-corrected chi connectivity index (χ0v) is 22.2. The number of hydrogen-bond donors (Lipinski definition) is 5. The van der Waals surface area contributed by atoms with Gasteiger partial charge in [-0.3, -0.25) is 14.9 Å². The van der Waals surface area contributed by atoms with Gasteiger partial charge in [-0.2, -0.15) is 5.48 Å². The Labute approximate surface area is 216 Å². The average molecular weight is 499 g/mol. The van der Waals surface area contributed by atoms with E-state index in [1.54, 1.807) is 0 Å². The van der Waals surface area contributed by atoms with Crippen molar-refractivity contribution >= 4 is 5.91 Å². The van der Waals surface area contributed by atoms with Crippen molar-refractivity contribution in [2.24, 2.45) is 5.92 Å². The van der Waals surface area contributed by atoms with Gasteiger partial charge in [0.15, 0.2) is 0 Å². The summed E-state index contributed by atoms with van der Waals surface area (Å²) in [6.07, 6.45) is 14.0. The summed E-state index contributed by atoms with van der Waals surface area (Å²) >= 11 is 0. The summed E-state index contributed by atoms with van der Waals surface area (Å²) in [6, 6.07) is 6.39. The second-order valence-corrected chi connectivity index (χ2v) is 11.8. The van der Waals surface area contributed by atoms with Crippen LogP contribution in [0.4, 0.5) is 0 Å². The quantitative estimate of drug-likeness (QED) is 0.416. The van der Waals surface area contributed by atoms with Gasteiger partial charge in [0.05, 0.1) is 18.2 Å². The van der Waals surface area contributed by atoms with Crippen molar-refractivity contribution in [3.8, 4) is 0 Å². The number of aryl methyl sites for hydroxylation is 1. The Balaban J connectivity index is 1.26. The second kappa shape index (κ2) is 11.5. The molecule has 2 aliphatic carbocycles. The first-order valence-corrected chi connectivity index (χ1v) is 14.5. The van der Waals surface area contributed by atoms with E-state index >= 15 is 0 Å². The lowest BCUT2D eigenvalue weighted by atomic mass is 9.72.